The van der Waals surface area contributed by atoms with Crippen molar-refractivity contribution in [3.8, 4) is 0 Å². The van der Waals surface area contributed by atoms with Gasteiger partial charge in [0.1, 0.15) is 11.6 Å². The molecule has 2 rings (SSSR count). The molecule has 1 atom stereocenters. The summed E-state index contributed by atoms with van der Waals surface area (Å²) < 4.78 is 33.5. The van der Waals surface area contributed by atoms with Gasteiger partial charge in [0.25, 0.3) is 0 Å². The normalized spacial score (nSPS) is 27.6. The number of halogens is 2. The third-order valence-corrected chi connectivity index (χ3v) is 4.83. The summed E-state index contributed by atoms with van der Waals surface area (Å²) in [7, 11) is 1.65. The molecule has 118 valence electrons. The van der Waals surface area contributed by atoms with Gasteiger partial charge in [-0.25, -0.2) is 8.78 Å². The van der Waals surface area contributed by atoms with E-state index < -0.39 is 17.2 Å². The predicted octanol–water partition coefficient (Wildman–Crippen LogP) is 2.93. The van der Waals surface area contributed by atoms with Crippen LogP contribution in [0.4, 0.5) is 8.78 Å². The van der Waals surface area contributed by atoms with Gasteiger partial charge in [-0.05, 0) is 50.2 Å². The summed E-state index contributed by atoms with van der Waals surface area (Å²) in [5.41, 5.74) is 2.33. The second kappa shape index (κ2) is 6.81. The molecule has 1 aromatic rings. The minimum Gasteiger partial charge on any atom is -0.377 e. The highest BCUT2D eigenvalue weighted by Crippen LogP contribution is 2.38. The summed E-state index contributed by atoms with van der Waals surface area (Å²) in [6.45, 7) is 2.21. The minimum atomic E-state index is -0.536. The van der Waals surface area contributed by atoms with Crippen molar-refractivity contribution in [1.29, 1.82) is 0 Å². The molecule has 0 heterocycles. The Morgan fingerprint density at radius 2 is 1.90 bits per heavy atom. The Bertz CT molecular complexity index is 453. The molecule has 5 heteroatoms. The van der Waals surface area contributed by atoms with Gasteiger partial charge >= 0.3 is 0 Å². The molecule has 1 aliphatic rings. The van der Waals surface area contributed by atoms with Gasteiger partial charge in [0, 0.05) is 12.7 Å². The van der Waals surface area contributed by atoms with Crippen LogP contribution >= 0.6 is 0 Å². The minimum absolute atomic E-state index is 0.0653. The summed E-state index contributed by atoms with van der Waals surface area (Å²) >= 11 is 0. The first-order chi connectivity index (χ1) is 10.0. The van der Waals surface area contributed by atoms with E-state index in [4.69, 9.17) is 10.6 Å². The Hall–Kier alpha value is -1.04. The highest BCUT2D eigenvalue weighted by molar-refractivity contribution is 5.22. The maximum Gasteiger partial charge on any atom is 0.129 e. The molecule has 0 radical (unpaired) electrons. The van der Waals surface area contributed by atoms with Crippen molar-refractivity contribution in [2.75, 3.05) is 7.11 Å². The van der Waals surface area contributed by atoms with Gasteiger partial charge in [0.15, 0.2) is 0 Å². The first-order valence-electron chi connectivity index (χ1n) is 7.46. The van der Waals surface area contributed by atoms with Crippen LogP contribution in [0.25, 0.3) is 0 Å². The van der Waals surface area contributed by atoms with E-state index in [2.05, 4.69) is 12.3 Å². The number of rotatable bonds is 5. The molecule has 21 heavy (non-hydrogen) atoms. The molecular formula is C16H24F2N2O. The lowest BCUT2D eigenvalue weighted by Crippen LogP contribution is -2.57. The van der Waals surface area contributed by atoms with Gasteiger partial charge in [-0.15, -0.1) is 0 Å². The molecule has 1 unspecified atom stereocenters. The van der Waals surface area contributed by atoms with Crippen LogP contribution in [0.5, 0.6) is 0 Å². The fraction of sp³-hybridized carbons (Fsp3) is 0.625. The number of methoxy groups -OCH3 is 1. The molecular weight excluding hydrogens is 274 g/mol. The third kappa shape index (κ3) is 3.42. The van der Waals surface area contributed by atoms with Crippen molar-refractivity contribution in [1.82, 2.24) is 5.43 Å². The van der Waals surface area contributed by atoms with Gasteiger partial charge in [0.05, 0.1) is 11.6 Å². The van der Waals surface area contributed by atoms with Gasteiger partial charge < -0.3 is 4.74 Å². The summed E-state index contributed by atoms with van der Waals surface area (Å²) in [6.07, 6.45) is 3.93. The van der Waals surface area contributed by atoms with Crippen molar-refractivity contribution in [2.45, 2.75) is 50.7 Å². The van der Waals surface area contributed by atoms with E-state index in [1.165, 1.54) is 18.2 Å². The highest BCUT2D eigenvalue weighted by atomic mass is 19.1. The molecule has 0 aliphatic heterocycles. The Morgan fingerprint density at radius 1 is 1.33 bits per heavy atom. The van der Waals surface area contributed by atoms with E-state index in [0.29, 0.717) is 5.92 Å². The standard InChI is InChI=1S/C16H24F2N2O/c1-11-6-8-16(21-2,9-7-11)15(20-19)10-12-13(17)4-3-5-14(12)18/h3-5,11,15,20H,6-10,19H2,1-2H3. The molecule has 0 amide bonds. The Kier molecular flexibility index (Phi) is 5.30. The lowest BCUT2D eigenvalue weighted by atomic mass is 9.74. The number of nitrogens with one attached hydrogen (secondary N) is 1. The average Bonchev–Trinajstić information content (AvgIpc) is 2.49. The number of hydrogen-bond donors (Lipinski definition) is 2. The number of benzene rings is 1. The van der Waals surface area contributed by atoms with Crippen LogP contribution in [0.15, 0.2) is 18.2 Å². The number of nitrogens with two attached hydrogens (primary N) is 1. The third-order valence-electron chi connectivity index (χ3n) is 4.83. The monoisotopic (exact) mass is 298 g/mol. The number of hydrazine groups is 1. The lowest BCUT2D eigenvalue weighted by molar-refractivity contribution is -0.0749. The van der Waals surface area contributed by atoms with E-state index in [0.717, 1.165) is 25.7 Å². The maximum absolute atomic E-state index is 13.9. The maximum atomic E-state index is 13.9. The van der Waals surface area contributed by atoms with Crippen LogP contribution < -0.4 is 11.3 Å². The highest BCUT2D eigenvalue weighted by Gasteiger charge is 2.41. The predicted molar refractivity (Wildman–Crippen MR) is 78.5 cm³/mol. The zero-order chi connectivity index (χ0) is 15.5. The molecule has 0 bridgehead atoms. The fourth-order valence-corrected chi connectivity index (χ4v) is 3.27. The van der Waals surface area contributed by atoms with Crippen LogP contribution in [0, 0.1) is 17.6 Å². The van der Waals surface area contributed by atoms with Crippen LogP contribution in [-0.4, -0.2) is 18.8 Å². The number of ether oxygens (including phenoxy) is 1. The molecule has 3 nitrogen and oxygen atoms in total. The van der Waals surface area contributed by atoms with Crippen molar-refractivity contribution >= 4 is 0 Å². The van der Waals surface area contributed by atoms with Crippen LogP contribution in [0.2, 0.25) is 0 Å². The van der Waals surface area contributed by atoms with E-state index in [1.807, 2.05) is 0 Å². The zero-order valence-electron chi connectivity index (χ0n) is 12.7. The lowest BCUT2D eigenvalue weighted by Gasteiger charge is -2.43. The van der Waals surface area contributed by atoms with Crippen LogP contribution in [0.1, 0.15) is 38.2 Å². The Morgan fingerprint density at radius 3 is 2.38 bits per heavy atom. The van der Waals surface area contributed by atoms with Gasteiger partial charge in [-0.2, -0.15) is 0 Å². The molecule has 0 saturated heterocycles. The summed E-state index contributed by atoms with van der Waals surface area (Å²) in [6, 6.07) is 3.59. The molecule has 1 fully saturated rings. The molecule has 3 N–H and O–H groups in total. The summed E-state index contributed by atoms with van der Waals surface area (Å²) in [4.78, 5) is 0. The quantitative estimate of drug-likeness (QED) is 0.649. The second-order valence-electron chi connectivity index (χ2n) is 6.08. The van der Waals surface area contributed by atoms with Gasteiger partial charge in [-0.1, -0.05) is 13.0 Å². The zero-order valence-corrected chi connectivity index (χ0v) is 12.7. The van der Waals surface area contributed by atoms with Gasteiger partial charge in [-0.3, -0.25) is 11.3 Å². The SMILES string of the molecule is COC1(C(Cc2c(F)cccc2F)NN)CCC(C)CC1. The molecule has 1 aromatic carbocycles. The van der Waals surface area contributed by atoms with E-state index in [9.17, 15) is 8.78 Å². The Balaban J connectivity index is 2.22. The largest absolute Gasteiger partial charge is 0.377 e. The molecule has 1 aliphatic carbocycles. The summed E-state index contributed by atoms with van der Waals surface area (Å²) in [5.74, 6) is 5.25. The van der Waals surface area contributed by atoms with Crippen molar-refractivity contribution in [3.05, 3.63) is 35.4 Å². The molecule has 1 saturated carbocycles. The second-order valence-corrected chi connectivity index (χ2v) is 6.08. The first kappa shape index (κ1) is 16.3. The first-order valence-corrected chi connectivity index (χ1v) is 7.46. The topological polar surface area (TPSA) is 47.3 Å². The average molecular weight is 298 g/mol. The van der Waals surface area contributed by atoms with Crippen molar-refractivity contribution < 1.29 is 13.5 Å². The van der Waals surface area contributed by atoms with E-state index >= 15 is 0 Å². The van der Waals surface area contributed by atoms with Crippen LogP contribution in [0.3, 0.4) is 0 Å². The van der Waals surface area contributed by atoms with Crippen molar-refractivity contribution in [3.63, 3.8) is 0 Å². The molecule has 0 aromatic heterocycles. The van der Waals surface area contributed by atoms with E-state index in [-0.39, 0.29) is 18.0 Å². The summed E-state index contributed by atoms with van der Waals surface area (Å²) in [5, 5.41) is 0. The fourth-order valence-electron chi connectivity index (χ4n) is 3.27. The smallest absolute Gasteiger partial charge is 0.129 e. The molecule has 0 spiro atoms. The van der Waals surface area contributed by atoms with Gasteiger partial charge in [0.2, 0.25) is 0 Å². The van der Waals surface area contributed by atoms with E-state index in [1.54, 1.807) is 7.11 Å². The van der Waals surface area contributed by atoms with Crippen molar-refractivity contribution in [2.24, 2.45) is 11.8 Å². The van der Waals surface area contributed by atoms with Crippen LogP contribution in [-0.2, 0) is 11.2 Å². The Labute approximate surface area is 124 Å². The number of hydrogen-bond acceptors (Lipinski definition) is 3.